The van der Waals surface area contributed by atoms with Gasteiger partial charge in [-0.05, 0) is 24.1 Å². The Morgan fingerprint density at radius 1 is 1.05 bits per heavy atom. The first kappa shape index (κ1) is 16.0. The zero-order chi connectivity index (χ0) is 15.8. The first-order valence-corrected chi connectivity index (χ1v) is 8.32. The fourth-order valence-corrected chi connectivity index (χ4v) is 3.13. The van der Waals surface area contributed by atoms with Crippen LogP contribution in [0.5, 0.6) is 0 Å². The molecule has 0 saturated heterocycles. The van der Waals surface area contributed by atoms with E-state index in [1.54, 1.807) is 12.1 Å². The second-order valence-corrected chi connectivity index (χ2v) is 6.34. The normalized spacial score (nSPS) is 11.4. The van der Waals surface area contributed by atoms with Gasteiger partial charge in [0.2, 0.25) is 10.0 Å². The van der Waals surface area contributed by atoms with E-state index >= 15 is 0 Å². The van der Waals surface area contributed by atoms with E-state index < -0.39 is 10.0 Å². The molecule has 1 N–H and O–H groups in total. The predicted octanol–water partition coefficient (Wildman–Crippen LogP) is 2.94. The van der Waals surface area contributed by atoms with E-state index in [0.717, 1.165) is 5.56 Å². The molecule has 0 fully saturated rings. The summed E-state index contributed by atoms with van der Waals surface area (Å²) in [5.41, 5.74) is 1.22. The fourth-order valence-electron chi connectivity index (χ4n) is 1.93. The van der Waals surface area contributed by atoms with Crippen LogP contribution in [0.3, 0.4) is 0 Å². The van der Waals surface area contributed by atoms with Crippen LogP contribution >= 0.6 is 0 Å². The number of sulfonamides is 1. The smallest absolute Gasteiger partial charge is 0.211 e. The maximum absolute atomic E-state index is 12.2. The van der Waals surface area contributed by atoms with Gasteiger partial charge in [0.1, 0.15) is 6.07 Å². The molecule has 2 rings (SSSR count). The molecule has 0 atom stereocenters. The van der Waals surface area contributed by atoms with Crippen molar-refractivity contribution in [1.29, 1.82) is 5.26 Å². The Morgan fingerprint density at radius 3 is 2.45 bits per heavy atom. The van der Waals surface area contributed by atoms with Crippen LogP contribution in [0.25, 0.3) is 6.08 Å². The van der Waals surface area contributed by atoms with E-state index in [1.165, 1.54) is 12.1 Å². The highest BCUT2D eigenvalue weighted by Gasteiger charge is 2.16. The van der Waals surface area contributed by atoms with Crippen molar-refractivity contribution in [3.8, 4) is 6.07 Å². The van der Waals surface area contributed by atoms with Gasteiger partial charge in [-0.25, -0.2) is 13.1 Å². The zero-order valence-corrected chi connectivity index (χ0v) is 12.8. The minimum atomic E-state index is -3.65. The zero-order valence-electron chi connectivity index (χ0n) is 11.9. The standard InChI is InChI=1S/C17H16N2O2S/c18-14-16-11-4-5-12-17(16)22(20,21)19-13-7-6-10-15-8-2-1-3-9-15/h1-6,8-12,19H,7,13H2/b10-6+. The summed E-state index contributed by atoms with van der Waals surface area (Å²) in [6.07, 6.45) is 4.43. The van der Waals surface area contributed by atoms with Crippen molar-refractivity contribution >= 4 is 16.1 Å². The first-order valence-electron chi connectivity index (χ1n) is 6.84. The number of hydrogen-bond donors (Lipinski definition) is 1. The van der Waals surface area contributed by atoms with Crippen molar-refractivity contribution in [1.82, 2.24) is 4.72 Å². The van der Waals surface area contributed by atoms with E-state index in [0.29, 0.717) is 6.42 Å². The molecular formula is C17H16N2O2S. The highest BCUT2D eigenvalue weighted by molar-refractivity contribution is 7.89. The summed E-state index contributed by atoms with van der Waals surface area (Å²) in [7, 11) is -3.65. The molecule has 2 aromatic rings. The molecule has 22 heavy (non-hydrogen) atoms. The lowest BCUT2D eigenvalue weighted by Gasteiger charge is -2.06. The summed E-state index contributed by atoms with van der Waals surface area (Å²) in [5, 5.41) is 8.96. The molecule has 0 bridgehead atoms. The van der Waals surface area contributed by atoms with Gasteiger partial charge in [-0.1, -0.05) is 54.6 Å². The predicted molar refractivity (Wildman–Crippen MR) is 86.4 cm³/mol. The maximum Gasteiger partial charge on any atom is 0.241 e. The molecule has 2 aromatic carbocycles. The van der Waals surface area contributed by atoms with Crippen molar-refractivity contribution in [3.05, 3.63) is 71.8 Å². The Morgan fingerprint density at radius 2 is 1.73 bits per heavy atom. The van der Waals surface area contributed by atoms with Crippen molar-refractivity contribution in [3.63, 3.8) is 0 Å². The van der Waals surface area contributed by atoms with Gasteiger partial charge in [0, 0.05) is 6.54 Å². The van der Waals surface area contributed by atoms with Crippen LogP contribution in [0.1, 0.15) is 17.5 Å². The molecular weight excluding hydrogens is 296 g/mol. The molecule has 0 aliphatic rings. The molecule has 0 radical (unpaired) electrons. The minimum absolute atomic E-state index is 0.0181. The summed E-state index contributed by atoms with van der Waals surface area (Å²) in [5.74, 6) is 0. The Kier molecular flexibility index (Phi) is 5.48. The first-order chi connectivity index (χ1) is 10.6. The van der Waals surface area contributed by atoms with Crippen molar-refractivity contribution in [2.24, 2.45) is 0 Å². The Balaban J connectivity index is 1.94. The third-order valence-electron chi connectivity index (χ3n) is 3.01. The quantitative estimate of drug-likeness (QED) is 0.834. The molecule has 0 spiro atoms. The highest BCUT2D eigenvalue weighted by Crippen LogP contribution is 2.13. The molecule has 0 saturated carbocycles. The van der Waals surface area contributed by atoms with Crippen LogP contribution < -0.4 is 4.72 Å². The average molecular weight is 312 g/mol. The van der Waals surface area contributed by atoms with Gasteiger partial charge in [0.05, 0.1) is 10.5 Å². The lowest BCUT2D eigenvalue weighted by atomic mass is 10.2. The van der Waals surface area contributed by atoms with Crippen LogP contribution in [0.4, 0.5) is 0 Å². The monoisotopic (exact) mass is 312 g/mol. The van der Waals surface area contributed by atoms with E-state index in [4.69, 9.17) is 5.26 Å². The van der Waals surface area contributed by atoms with Crippen molar-refractivity contribution < 1.29 is 8.42 Å². The van der Waals surface area contributed by atoms with E-state index in [9.17, 15) is 8.42 Å². The number of rotatable bonds is 6. The Hall–Kier alpha value is -2.42. The van der Waals surface area contributed by atoms with Crippen LogP contribution in [0.2, 0.25) is 0 Å². The Bertz CT molecular complexity index is 791. The molecule has 5 heteroatoms. The number of nitriles is 1. The van der Waals surface area contributed by atoms with E-state index in [-0.39, 0.29) is 17.0 Å². The van der Waals surface area contributed by atoms with Crippen molar-refractivity contribution in [2.45, 2.75) is 11.3 Å². The lowest BCUT2D eigenvalue weighted by molar-refractivity contribution is 0.582. The molecule has 0 heterocycles. The summed E-state index contributed by atoms with van der Waals surface area (Å²) < 4.78 is 26.8. The topological polar surface area (TPSA) is 70.0 Å². The van der Waals surface area contributed by atoms with Gasteiger partial charge < -0.3 is 0 Å². The summed E-state index contributed by atoms with van der Waals surface area (Å²) in [6.45, 7) is 0.283. The van der Waals surface area contributed by atoms with Crippen LogP contribution in [-0.2, 0) is 10.0 Å². The largest absolute Gasteiger partial charge is 0.241 e. The van der Waals surface area contributed by atoms with Gasteiger partial charge in [0.15, 0.2) is 0 Å². The lowest BCUT2D eigenvalue weighted by Crippen LogP contribution is -2.25. The summed E-state index contributed by atoms with van der Waals surface area (Å²) >= 11 is 0. The van der Waals surface area contributed by atoms with Gasteiger partial charge in [-0.3, -0.25) is 0 Å². The highest BCUT2D eigenvalue weighted by atomic mass is 32.2. The number of nitrogens with zero attached hydrogens (tertiary/aromatic N) is 1. The molecule has 0 unspecified atom stereocenters. The second-order valence-electron chi connectivity index (χ2n) is 4.61. The molecule has 0 aliphatic carbocycles. The third-order valence-corrected chi connectivity index (χ3v) is 4.53. The second kappa shape index (κ2) is 7.55. The molecule has 0 aliphatic heterocycles. The van der Waals surface area contributed by atoms with Crippen LogP contribution in [-0.4, -0.2) is 15.0 Å². The Labute approximate surface area is 130 Å². The molecule has 4 nitrogen and oxygen atoms in total. The number of benzene rings is 2. The summed E-state index contributed by atoms with van der Waals surface area (Å²) in [4.78, 5) is 0.0181. The van der Waals surface area contributed by atoms with Gasteiger partial charge in [0.25, 0.3) is 0 Å². The number of nitrogens with one attached hydrogen (secondary N) is 1. The average Bonchev–Trinajstić information content (AvgIpc) is 2.55. The van der Waals surface area contributed by atoms with Gasteiger partial charge >= 0.3 is 0 Å². The van der Waals surface area contributed by atoms with E-state index in [1.807, 2.05) is 48.6 Å². The summed E-state index contributed by atoms with van der Waals surface area (Å²) in [6, 6.07) is 17.8. The SMILES string of the molecule is N#Cc1ccccc1S(=O)(=O)NCC/C=C/c1ccccc1. The molecule has 112 valence electrons. The van der Waals surface area contributed by atoms with E-state index in [2.05, 4.69) is 4.72 Å². The van der Waals surface area contributed by atoms with Gasteiger partial charge in [-0.15, -0.1) is 0 Å². The van der Waals surface area contributed by atoms with Gasteiger partial charge in [-0.2, -0.15) is 5.26 Å². The van der Waals surface area contributed by atoms with Crippen LogP contribution in [0, 0.1) is 11.3 Å². The minimum Gasteiger partial charge on any atom is -0.211 e. The maximum atomic E-state index is 12.2. The van der Waals surface area contributed by atoms with Crippen LogP contribution in [0.15, 0.2) is 65.6 Å². The van der Waals surface area contributed by atoms with Crippen molar-refractivity contribution in [2.75, 3.05) is 6.54 Å². The third kappa shape index (κ3) is 4.29. The molecule has 0 amide bonds. The molecule has 0 aromatic heterocycles. The fraction of sp³-hybridized carbons (Fsp3) is 0.118. The number of hydrogen-bond acceptors (Lipinski definition) is 3.